The standard InChI is InChI=1S/C3H5N5.C3H15NO2Si3/c4-2-1-6-8-7-3(2)5;1-2-3-9(4)6-8-5-7/h1H,(H2,4,8)(H2,5,6,7);9H,2-4,8H2,1,7H3. The van der Waals surface area contributed by atoms with Crippen LogP contribution in [0.5, 0.6) is 0 Å². The number of nitrogen functional groups attached to an aromatic ring is 2. The molecule has 0 radical (unpaired) electrons. The quantitative estimate of drug-likeness (QED) is 0.486. The lowest BCUT2D eigenvalue weighted by Gasteiger charge is -2.07. The van der Waals surface area contributed by atoms with Crippen molar-refractivity contribution in [3.63, 3.8) is 0 Å². The Balaban J connectivity index is 0.000000302. The fraction of sp³-hybridized carbons (Fsp3) is 0.500. The molecule has 17 heavy (non-hydrogen) atoms. The van der Waals surface area contributed by atoms with E-state index in [1.807, 2.05) is 0 Å². The van der Waals surface area contributed by atoms with Gasteiger partial charge in [0.15, 0.2) is 5.82 Å². The van der Waals surface area contributed by atoms with Crippen molar-refractivity contribution >= 4 is 41.2 Å². The highest BCUT2D eigenvalue weighted by atomic mass is 28.4. The smallest absolute Gasteiger partial charge is 0.283 e. The normalized spacial score (nSPS) is 12.4. The predicted octanol–water partition coefficient (Wildman–Crippen LogP) is -3.08. The predicted molar refractivity (Wildman–Crippen MR) is 75.7 cm³/mol. The second kappa shape index (κ2) is 10.3. The molecule has 1 heterocycles. The molecule has 0 spiro atoms. The van der Waals surface area contributed by atoms with Gasteiger partial charge in [-0.15, -0.1) is 10.2 Å². The molecule has 1 atom stereocenters. The maximum atomic E-state index is 5.66. The van der Waals surface area contributed by atoms with Gasteiger partial charge in [-0.25, -0.2) is 0 Å². The average molecular weight is 293 g/mol. The molecule has 0 amide bonds. The highest BCUT2D eigenvalue weighted by Crippen LogP contribution is 2.02. The second-order valence-corrected chi connectivity index (χ2v) is 8.71. The molecule has 1 aromatic heterocycles. The van der Waals surface area contributed by atoms with Crippen LogP contribution in [0.4, 0.5) is 11.5 Å². The first-order chi connectivity index (χ1) is 8.11. The zero-order chi connectivity index (χ0) is 13.1. The van der Waals surface area contributed by atoms with Crippen LogP contribution in [0.1, 0.15) is 13.3 Å². The van der Waals surface area contributed by atoms with Gasteiger partial charge in [-0.3, -0.25) is 0 Å². The van der Waals surface area contributed by atoms with Gasteiger partial charge < -0.3 is 25.1 Å². The van der Waals surface area contributed by atoms with Crippen molar-refractivity contribution in [3.8, 4) is 0 Å². The zero-order valence-electron chi connectivity index (χ0n) is 10.2. The van der Waals surface area contributed by atoms with E-state index in [2.05, 4.69) is 22.3 Å². The summed E-state index contributed by atoms with van der Waals surface area (Å²) in [5.41, 5.74) is 10.8. The number of nitrogens with zero attached hydrogens (tertiary/aromatic N) is 3. The molecule has 8 nitrogen and oxygen atoms in total. The summed E-state index contributed by atoms with van der Waals surface area (Å²) < 4.78 is 10.3. The van der Waals surface area contributed by atoms with Gasteiger partial charge in [0.05, 0.1) is 11.9 Å². The van der Waals surface area contributed by atoms with Crippen LogP contribution in [0.25, 0.3) is 0 Å². The lowest BCUT2D eigenvalue weighted by Crippen LogP contribution is -2.31. The number of rotatable bonds is 5. The number of anilines is 2. The minimum atomic E-state index is -1.26. The van der Waals surface area contributed by atoms with E-state index in [0.717, 1.165) is 23.0 Å². The van der Waals surface area contributed by atoms with E-state index in [9.17, 15) is 0 Å². The second-order valence-electron chi connectivity index (χ2n) is 3.17. The van der Waals surface area contributed by atoms with Crippen molar-refractivity contribution in [2.45, 2.75) is 19.4 Å². The molecule has 98 valence electrons. The van der Waals surface area contributed by atoms with Crippen LogP contribution in [0.3, 0.4) is 0 Å². The van der Waals surface area contributed by atoms with Gasteiger partial charge in [-0.1, -0.05) is 13.3 Å². The summed E-state index contributed by atoms with van der Waals surface area (Å²) in [6.07, 6.45) is 2.49. The number of aromatic nitrogens is 3. The Kier molecular flexibility index (Phi) is 9.78. The first-order valence-corrected chi connectivity index (χ1v) is 9.09. The topological polar surface area (TPSA) is 135 Å². The van der Waals surface area contributed by atoms with Gasteiger partial charge in [0.2, 0.25) is 9.20 Å². The summed E-state index contributed by atoms with van der Waals surface area (Å²) in [5, 5.41) is 15.6. The van der Waals surface area contributed by atoms with E-state index >= 15 is 0 Å². The van der Waals surface area contributed by atoms with Crippen LogP contribution in [-0.4, -0.2) is 45.1 Å². The maximum absolute atomic E-state index is 5.66. The molecule has 0 aromatic carbocycles. The van der Waals surface area contributed by atoms with E-state index in [4.69, 9.17) is 25.1 Å². The number of hydrogen-bond donors (Lipinski definition) is 3. The first kappa shape index (κ1) is 16.1. The lowest BCUT2D eigenvalue weighted by atomic mass is 10.5. The molecule has 0 aliphatic rings. The summed E-state index contributed by atoms with van der Waals surface area (Å²) in [4.78, 5) is 0. The van der Waals surface area contributed by atoms with Crippen molar-refractivity contribution in [2.24, 2.45) is 5.40 Å². The third-order valence-electron chi connectivity index (χ3n) is 1.67. The van der Waals surface area contributed by atoms with Crippen molar-refractivity contribution in [1.29, 1.82) is 0 Å². The third-order valence-corrected chi connectivity index (χ3v) is 6.02. The highest BCUT2D eigenvalue weighted by molar-refractivity contribution is 6.54. The van der Waals surface area contributed by atoms with E-state index in [0.29, 0.717) is 5.69 Å². The summed E-state index contributed by atoms with van der Waals surface area (Å²) in [6.45, 7) is 2.12. The molecular weight excluding hydrogens is 272 g/mol. The van der Waals surface area contributed by atoms with Crippen LogP contribution in [0.15, 0.2) is 6.20 Å². The van der Waals surface area contributed by atoms with Crippen molar-refractivity contribution in [1.82, 2.24) is 15.4 Å². The maximum Gasteiger partial charge on any atom is 0.283 e. The largest absolute Gasteiger partial charge is 0.449 e. The van der Waals surface area contributed by atoms with Gasteiger partial charge in [-0.05, 0) is 11.3 Å². The Morgan fingerprint density at radius 3 is 2.65 bits per heavy atom. The summed E-state index contributed by atoms with van der Waals surface area (Å²) in [6, 6.07) is 1.08. The minimum absolute atomic E-state index is 0.222. The van der Waals surface area contributed by atoms with Crippen LogP contribution < -0.4 is 16.9 Å². The SMILES string of the molecule is CCC[SiH](N)O[SiH2]O[SiH3].Nc1cnnnc1N. The Morgan fingerprint density at radius 1 is 1.53 bits per heavy atom. The van der Waals surface area contributed by atoms with Gasteiger partial charge >= 0.3 is 0 Å². The van der Waals surface area contributed by atoms with Crippen LogP contribution in [-0.2, 0) is 8.23 Å². The molecular formula is C6H20N6O2Si3. The Bertz CT molecular complexity index is 286. The molecule has 0 fully saturated rings. The molecule has 1 aromatic rings. The van der Waals surface area contributed by atoms with Crippen molar-refractivity contribution in [3.05, 3.63) is 6.20 Å². The summed E-state index contributed by atoms with van der Waals surface area (Å²) >= 11 is 0. The lowest BCUT2D eigenvalue weighted by molar-refractivity contribution is 0.486. The Hall–Kier alpha value is -0.859. The Labute approximate surface area is 108 Å². The van der Waals surface area contributed by atoms with E-state index in [1.54, 1.807) is 0 Å². The minimum Gasteiger partial charge on any atom is -0.449 e. The molecule has 0 bridgehead atoms. The average Bonchev–Trinajstić information content (AvgIpc) is 2.32. The van der Waals surface area contributed by atoms with Gasteiger partial charge in [0.1, 0.15) is 10.5 Å². The summed E-state index contributed by atoms with van der Waals surface area (Å²) in [5.74, 6) is 0.222. The third kappa shape index (κ3) is 8.90. The monoisotopic (exact) mass is 292 g/mol. The Morgan fingerprint density at radius 2 is 2.24 bits per heavy atom. The zero-order valence-corrected chi connectivity index (χ0v) is 14.7. The number of hydrogen-bond acceptors (Lipinski definition) is 8. The van der Waals surface area contributed by atoms with Crippen molar-refractivity contribution < 1.29 is 8.23 Å². The molecule has 0 saturated heterocycles. The highest BCUT2D eigenvalue weighted by Gasteiger charge is 2.01. The first-order valence-electron chi connectivity index (χ1n) is 5.17. The van der Waals surface area contributed by atoms with Gasteiger partial charge in [0, 0.05) is 0 Å². The molecule has 11 heteroatoms. The molecule has 6 N–H and O–H groups in total. The molecule has 0 saturated carbocycles. The van der Waals surface area contributed by atoms with Crippen molar-refractivity contribution in [2.75, 3.05) is 11.5 Å². The summed E-state index contributed by atoms with van der Waals surface area (Å²) in [7, 11) is -1.11. The van der Waals surface area contributed by atoms with Crippen LogP contribution >= 0.6 is 0 Å². The fourth-order valence-corrected chi connectivity index (χ4v) is 4.51. The fourth-order valence-electron chi connectivity index (χ4n) is 0.809. The van der Waals surface area contributed by atoms with E-state index in [-0.39, 0.29) is 5.82 Å². The van der Waals surface area contributed by atoms with Crippen LogP contribution in [0.2, 0.25) is 6.04 Å². The van der Waals surface area contributed by atoms with Gasteiger partial charge in [0.25, 0.3) is 10.0 Å². The van der Waals surface area contributed by atoms with E-state index < -0.39 is 19.2 Å². The molecule has 1 unspecified atom stereocenters. The molecule has 0 aliphatic carbocycles. The van der Waals surface area contributed by atoms with E-state index in [1.165, 1.54) is 6.20 Å². The number of nitrogens with two attached hydrogens (primary N) is 3. The molecule has 0 aliphatic heterocycles. The van der Waals surface area contributed by atoms with Gasteiger partial charge in [-0.2, -0.15) is 0 Å². The van der Waals surface area contributed by atoms with Crippen LogP contribution in [0, 0.1) is 0 Å². The molecule has 1 rings (SSSR count).